The molecule has 2 rings (SSSR count). The molecule has 1 fully saturated rings. The summed E-state index contributed by atoms with van der Waals surface area (Å²) < 4.78 is 79.2. The van der Waals surface area contributed by atoms with E-state index in [1.54, 1.807) is 0 Å². The Balaban J connectivity index is 2.48. The lowest BCUT2D eigenvalue weighted by molar-refractivity contribution is -0.137. The van der Waals surface area contributed by atoms with Gasteiger partial charge in [0.05, 0.1) is 16.6 Å². The van der Waals surface area contributed by atoms with Crippen LogP contribution in [0.25, 0.3) is 0 Å². The number of alkyl halides is 5. The molecule has 1 aromatic carbocycles. The zero-order valence-corrected chi connectivity index (χ0v) is 12.0. The molecule has 0 unspecified atom stereocenters. The summed E-state index contributed by atoms with van der Waals surface area (Å²) in [6, 6.07) is -0.942. The molecule has 1 N–H and O–H groups in total. The van der Waals surface area contributed by atoms with Gasteiger partial charge in [0, 0.05) is 31.7 Å². The zero-order valence-electron chi connectivity index (χ0n) is 11.2. The monoisotopic (exact) mass is 346 g/mol. The van der Waals surface area contributed by atoms with E-state index >= 15 is 0 Å². The standard InChI is InChI=1S/C13H13ClF6N2/c14-9-6-7(13(18,19)20)5-8(10(9)15)11(12(16)17)22-3-1-21-2-4-22/h5-6,11-12,21H,1-4H2/t11-/m0/s1. The predicted molar refractivity (Wildman–Crippen MR) is 69.6 cm³/mol. The van der Waals surface area contributed by atoms with Crippen molar-refractivity contribution >= 4 is 11.6 Å². The van der Waals surface area contributed by atoms with Gasteiger partial charge < -0.3 is 5.32 Å². The maximum absolute atomic E-state index is 14.1. The Kier molecular flexibility index (Phi) is 5.24. The summed E-state index contributed by atoms with van der Waals surface area (Å²) in [6.45, 7) is 1.17. The number of nitrogens with zero attached hydrogens (tertiary/aromatic N) is 1. The summed E-state index contributed by atoms with van der Waals surface area (Å²) in [4.78, 5) is 1.26. The van der Waals surface area contributed by atoms with Crippen LogP contribution in [0.3, 0.4) is 0 Å². The first kappa shape index (κ1) is 17.4. The lowest BCUT2D eigenvalue weighted by Crippen LogP contribution is -2.47. The Morgan fingerprint density at radius 2 is 1.73 bits per heavy atom. The second kappa shape index (κ2) is 6.64. The Labute approximate surface area is 128 Å². The average Bonchev–Trinajstić information content (AvgIpc) is 2.43. The van der Waals surface area contributed by atoms with Crippen molar-refractivity contribution in [1.29, 1.82) is 0 Å². The van der Waals surface area contributed by atoms with Gasteiger partial charge in [0.1, 0.15) is 5.82 Å². The molecule has 0 radical (unpaired) electrons. The van der Waals surface area contributed by atoms with Crippen molar-refractivity contribution in [2.24, 2.45) is 0 Å². The van der Waals surface area contributed by atoms with Gasteiger partial charge in [0.2, 0.25) is 0 Å². The third-order valence-electron chi connectivity index (χ3n) is 3.49. The van der Waals surface area contributed by atoms with Crippen molar-refractivity contribution in [2.75, 3.05) is 26.2 Å². The van der Waals surface area contributed by atoms with Crippen molar-refractivity contribution in [3.05, 3.63) is 34.1 Å². The van der Waals surface area contributed by atoms with E-state index in [-0.39, 0.29) is 13.1 Å². The van der Waals surface area contributed by atoms with Gasteiger partial charge in [-0.3, -0.25) is 4.90 Å². The molecule has 1 aliphatic rings. The van der Waals surface area contributed by atoms with Crippen LogP contribution in [0.15, 0.2) is 12.1 Å². The molecule has 1 atom stereocenters. The average molecular weight is 347 g/mol. The van der Waals surface area contributed by atoms with E-state index in [0.717, 1.165) is 0 Å². The number of hydrogen-bond acceptors (Lipinski definition) is 2. The van der Waals surface area contributed by atoms with Crippen molar-refractivity contribution in [1.82, 2.24) is 10.2 Å². The minimum Gasteiger partial charge on any atom is -0.314 e. The van der Waals surface area contributed by atoms with Crippen LogP contribution in [-0.4, -0.2) is 37.5 Å². The number of benzene rings is 1. The van der Waals surface area contributed by atoms with Gasteiger partial charge in [-0.2, -0.15) is 13.2 Å². The van der Waals surface area contributed by atoms with Crippen molar-refractivity contribution in [2.45, 2.75) is 18.6 Å². The lowest BCUT2D eigenvalue weighted by Gasteiger charge is -2.35. The molecular weight excluding hydrogens is 334 g/mol. The highest BCUT2D eigenvalue weighted by atomic mass is 35.5. The number of rotatable bonds is 3. The first-order chi connectivity index (χ1) is 10.2. The normalized spacial score (nSPS) is 18.7. The molecule has 124 valence electrons. The minimum atomic E-state index is -4.79. The van der Waals surface area contributed by atoms with Crippen LogP contribution in [0, 0.1) is 5.82 Å². The van der Waals surface area contributed by atoms with Gasteiger partial charge in [0.25, 0.3) is 6.43 Å². The molecule has 1 heterocycles. The number of halogens is 7. The third kappa shape index (κ3) is 3.67. The fourth-order valence-electron chi connectivity index (χ4n) is 2.44. The smallest absolute Gasteiger partial charge is 0.314 e. The molecule has 1 aromatic rings. The number of piperazine rings is 1. The molecule has 0 amide bonds. The minimum absolute atomic E-state index is 0.183. The predicted octanol–water partition coefficient (Wildman–Crippen LogP) is 3.71. The lowest BCUT2D eigenvalue weighted by atomic mass is 10.0. The van der Waals surface area contributed by atoms with E-state index in [4.69, 9.17) is 11.6 Å². The van der Waals surface area contributed by atoms with Crippen molar-refractivity contribution < 1.29 is 26.3 Å². The maximum atomic E-state index is 14.1. The maximum Gasteiger partial charge on any atom is 0.416 e. The van der Waals surface area contributed by atoms with E-state index in [2.05, 4.69) is 5.32 Å². The SMILES string of the molecule is Fc1c(Cl)cc(C(F)(F)F)cc1[C@@H](C(F)F)N1CCNCC1. The van der Waals surface area contributed by atoms with Crippen LogP contribution in [0.1, 0.15) is 17.2 Å². The van der Waals surface area contributed by atoms with E-state index in [1.807, 2.05) is 0 Å². The van der Waals surface area contributed by atoms with Crippen LogP contribution in [0.2, 0.25) is 5.02 Å². The highest BCUT2D eigenvalue weighted by Gasteiger charge is 2.37. The van der Waals surface area contributed by atoms with Gasteiger partial charge in [-0.25, -0.2) is 13.2 Å². The first-order valence-corrected chi connectivity index (χ1v) is 6.88. The molecule has 1 aliphatic heterocycles. The largest absolute Gasteiger partial charge is 0.416 e. The molecular formula is C13H13ClF6N2. The second-order valence-electron chi connectivity index (χ2n) is 4.92. The molecule has 1 saturated heterocycles. The summed E-state index contributed by atoms with van der Waals surface area (Å²) >= 11 is 5.46. The van der Waals surface area contributed by atoms with Crippen molar-refractivity contribution in [3.63, 3.8) is 0 Å². The molecule has 0 aliphatic carbocycles. The first-order valence-electron chi connectivity index (χ1n) is 6.51. The summed E-state index contributed by atoms with van der Waals surface area (Å²) in [5.41, 5.74) is -1.97. The quantitative estimate of drug-likeness (QED) is 0.839. The Bertz CT molecular complexity index is 528. The number of hydrogen-bond donors (Lipinski definition) is 1. The van der Waals surface area contributed by atoms with E-state index in [1.165, 1.54) is 4.90 Å². The van der Waals surface area contributed by atoms with Gasteiger partial charge in [0.15, 0.2) is 0 Å². The number of nitrogens with one attached hydrogen (secondary N) is 1. The van der Waals surface area contributed by atoms with Crippen LogP contribution in [0.4, 0.5) is 26.3 Å². The zero-order chi connectivity index (χ0) is 16.5. The summed E-state index contributed by atoms with van der Waals surface area (Å²) in [5, 5.41) is 2.12. The summed E-state index contributed by atoms with van der Waals surface area (Å²) in [7, 11) is 0. The molecule has 0 aromatic heterocycles. The molecule has 0 spiro atoms. The topological polar surface area (TPSA) is 15.3 Å². The Morgan fingerprint density at radius 1 is 1.14 bits per heavy atom. The molecule has 22 heavy (non-hydrogen) atoms. The van der Waals surface area contributed by atoms with Gasteiger partial charge >= 0.3 is 6.18 Å². The van der Waals surface area contributed by atoms with E-state index in [9.17, 15) is 26.3 Å². The fourth-order valence-corrected chi connectivity index (χ4v) is 2.67. The molecule has 9 heteroatoms. The van der Waals surface area contributed by atoms with Gasteiger partial charge in [-0.1, -0.05) is 11.6 Å². The van der Waals surface area contributed by atoms with Gasteiger partial charge in [-0.05, 0) is 12.1 Å². The molecule has 0 saturated carbocycles. The Morgan fingerprint density at radius 3 is 2.23 bits per heavy atom. The van der Waals surface area contributed by atoms with E-state index in [0.29, 0.717) is 25.2 Å². The Hall–Kier alpha value is -0.990. The third-order valence-corrected chi connectivity index (χ3v) is 3.76. The second-order valence-corrected chi connectivity index (χ2v) is 5.33. The summed E-state index contributed by atoms with van der Waals surface area (Å²) in [6.07, 6.45) is -7.82. The van der Waals surface area contributed by atoms with Gasteiger partial charge in [-0.15, -0.1) is 0 Å². The molecule has 2 nitrogen and oxygen atoms in total. The molecule has 0 bridgehead atoms. The van der Waals surface area contributed by atoms with E-state index < -0.39 is 40.6 Å². The highest BCUT2D eigenvalue weighted by Crippen LogP contribution is 2.38. The van der Waals surface area contributed by atoms with Crippen LogP contribution < -0.4 is 5.32 Å². The summed E-state index contributed by atoms with van der Waals surface area (Å²) in [5.74, 6) is -1.24. The fraction of sp³-hybridized carbons (Fsp3) is 0.538. The highest BCUT2D eigenvalue weighted by molar-refractivity contribution is 6.30. The van der Waals surface area contributed by atoms with Crippen LogP contribution in [-0.2, 0) is 6.18 Å². The van der Waals surface area contributed by atoms with Crippen molar-refractivity contribution in [3.8, 4) is 0 Å². The van der Waals surface area contributed by atoms with Crippen LogP contribution in [0.5, 0.6) is 0 Å². The van der Waals surface area contributed by atoms with Crippen LogP contribution >= 0.6 is 11.6 Å².